The number of rotatable bonds is 2. The maximum atomic E-state index is 8.23. The van der Waals surface area contributed by atoms with Crippen molar-refractivity contribution in [3.8, 4) is 0 Å². The van der Waals surface area contributed by atoms with Crippen molar-refractivity contribution in [2.24, 2.45) is 5.16 Å². The molecule has 2 N–H and O–H groups in total. The van der Waals surface area contributed by atoms with Crippen molar-refractivity contribution in [2.75, 3.05) is 6.61 Å². The monoisotopic (exact) mass is 130 g/mol. The van der Waals surface area contributed by atoms with Crippen LogP contribution in [0.2, 0.25) is 0 Å². The summed E-state index contributed by atoms with van der Waals surface area (Å²) in [5, 5.41) is 18.4. The van der Waals surface area contributed by atoms with Gasteiger partial charge in [-0.1, -0.05) is 5.16 Å². The Kier molecular flexibility index (Phi) is 3.62. The van der Waals surface area contributed by atoms with Crippen molar-refractivity contribution in [3.05, 3.63) is 0 Å². The van der Waals surface area contributed by atoms with Crippen LogP contribution < -0.4 is 0 Å². The highest BCUT2D eigenvalue weighted by atomic mass is 16.6. The molecule has 0 aromatic heterocycles. The van der Waals surface area contributed by atoms with Gasteiger partial charge in [-0.2, -0.15) is 0 Å². The second-order valence-corrected chi connectivity index (χ2v) is 1.71. The summed E-state index contributed by atoms with van der Waals surface area (Å²) in [5.74, 6) is -0.240. The van der Waals surface area contributed by atoms with Crippen LogP contribution in [-0.4, -0.2) is 23.3 Å². The molecule has 0 bridgehead atoms. The Morgan fingerprint density at radius 3 is 2.56 bits per heavy atom. The molecule has 0 aliphatic carbocycles. The third kappa shape index (κ3) is 4.96. The van der Waals surface area contributed by atoms with Gasteiger partial charge in [-0.05, 0) is 13.8 Å². The minimum absolute atomic E-state index is 0.240. The van der Waals surface area contributed by atoms with Crippen LogP contribution in [0.15, 0.2) is 5.16 Å². The molecular formula is C5H10N2O2. The molecule has 52 valence electrons. The summed E-state index contributed by atoms with van der Waals surface area (Å²) in [6.07, 6.45) is 0. The van der Waals surface area contributed by atoms with Crippen LogP contribution in [-0.2, 0) is 4.84 Å². The summed E-state index contributed by atoms with van der Waals surface area (Å²) in [4.78, 5) is 4.37. The lowest BCUT2D eigenvalue weighted by Gasteiger charge is -1.94. The van der Waals surface area contributed by atoms with Crippen LogP contribution in [0.4, 0.5) is 0 Å². The first-order valence-electron chi connectivity index (χ1n) is 2.53. The molecule has 9 heavy (non-hydrogen) atoms. The molecule has 0 saturated heterocycles. The Morgan fingerprint density at radius 1 is 1.67 bits per heavy atom. The summed E-state index contributed by atoms with van der Waals surface area (Å²) in [6.45, 7) is 3.08. The molecule has 0 aliphatic rings. The molecule has 0 amide bonds. The van der Waals surface area contributed by atoms with Gasteiger partial charge in [0.05, 0.1) is 5.71 Å². The molecule has 4 heteroatoms. The van der Waals surface area contributed by atoms with E-state index in [0.29, 0.717) is 5.71 Å². The SMILES string of the molecule is CC(C)=NOC(=N)CO. The molecular weight excluding hydrogens is 120 g/mol. The fraction of sp³-hybridized carbons (Fsp3) is 0.600. The van der Waals surface area contributed by atoms with Crippen LogP contribution in [0.1, 0.15) is 13.8 Å². The van der Waals surface area contributed by atoms with Crippen molar-refractivity contribution < 1.29 is 9.94 Å². The fourth-order valence-corrected chi connectivity index (χ4v) is 0.175. The zero-order valence-electron chi connectivity index (χ0n) is 5.51. The number of oxime groups is 1. The zero-order valence-corrected chi connectivity index (χ0v) is 5.51. The second-order valence-electron chi connectivity index (χ2n) is 1.71. The minimum Gasteiger partial charge on any atom is -0.387 e. The molecule has 0 atom stereocenters. The van der Waals surface area contributed by atoms with E-state index in [1.54, 1.807) is 13.8 Å². The van der Waals surface area contributed by atoms with Gasteiger partial charge in [-0.25, -0.2) is 0 Å². The normalized spacial score (nSPS) is 8.33. The van der Waals surface area contributed by atoms with Gasteiger partial charge in [0.15, 0.2) is 0 Å². The maximum Gasteiger partial charge on any atom is 0.243 e. The van der Waals surface area contributed by atoms with E-state index in [1.807, 2.05) is 0 Å². The number of nitrogens with zero attached hydrogens (tertiary/aromatic N) is 1. The van der Waals surface area contributed by atoms with Gasteiger partial charge < -0.3 is 9.94 Å². The zero-order chi connectivity index (χ0) is 7.28. The standard InChI is InChI=1S/C5H10N2O2/c1-4(2)7-9-5(6)3-8/h6,8H,3H2,1-2H3. The Bertz CT molecular complexity index is 127. The van der Waals surface area contributed by atoms with E-state index in [1.165, 1.54) is 0 Å². The van der Waals surface area contributed by atoms with Crippen LogP contribution in [0.25, 0.3) is 0 Å². The summed E-state index contributed by atoms with van der Waals surface area (Å²) in [5.41, 5.74) is 0.716. The average Bonchev–Trinajstić information content (AvgIpc) is 1.83. The highest BCUT2D eigenvalue weighted by molar-refractivity contribution is 5.80. The molecule has 0 spiro atoms. The molecule has 0 aromatic rings. The third-order valence-electron chi connectivity index (χ3n) is 0.482. The van der Waals surface area contributed by atoms with E-state index in [4.69, 9.17) is 10.5 Å². The van der Waals surface area contributed by atoms with Gasteiger partial charge in [-0.15, -0.1) is 0 Å². The van der Waals surface area contributed by atoms with E-state index < -0.39 is 6.61 Å². The van der Waals surface area contributed by atoms with Crippen molar-refractivity contribution in [2.45, 2.75) is 13.8 Å². The lowest BCUT2D eigenvalue weighted by molar-refractivity contribution is 0.262. The summed E-state index contributed by atoms with van der Waals surface area (Å²) in [7, 11) is 0. The highest BCUT2D eigenvalue weighted by Gasteiger charge is 1.90. The minimum atomic E-state index is -0.406. The molecule has 0 rings (SSSR count). The van der Waals surface area contributed by atoms with E-state index in [2.05, 4.69) is 9.99 Å². The summed E-state index contributed by atoms with van der Waals surface area (Å²) >= 11 is 0. The Morgan fingerprint density at radius 2 is 2.22 bits per heavy atom. The number of hydrogen-bond donors (Lipinski definition) is 2. The summed E-state index contributed by atoms with van der Waals surface area (Å²) < 4.78 is 0. The summed E-state index contributed by atoms with van der Waals surface area (Å²) in [6, 6.07) is 0. The molecule has 0 unspecified atom stereocenters. The molecule has 4 nitrogen and oxygen atoms in total. The first-order valence-corrected chi connectivity index (χ1v) is 2.53. The predicted octanol–water partition coefficient (Wildman–Crippen LogP) is 0.368. The van der Waals surface area contributed by atoms with Crippen molar-refractivity contribution in [1.29, 1.82) is 5.41 Å². The van der Waals surface area contributed by atoms with Gasteiger partial charge in [0.1, 0.15) is 6.61 Å². The highest BCUT2D eigenvalue weighted by Crippen LogP contribution is 1.80. The van der Waals surface area contributed by atoms with Gasteiger partial charge in [0.2, 0.25) is 5.90 Å². The van der Waals surface area contributed by atoms with Crippen molar-refractivity contribution in [3.63, 3.8) is 0 Å². The molecule has 0 saturated carbocycles. The second kappa shape index (κ2) is 4.03. The first kappa shape index (κ1) is 8.10. The third-order valence-corrected chi connectivity index (χ3v) is 0.482. The van der Waals surface area contributed by atoms with Crippen LogP contribution in [0.3, 0.4) is 0 Å². The molecule has 0 radical (unpaired) electrons. The van der Waals surface area contributed by atoms with Gasteiger partial charge in [0, 0.05) is 0 Å². The van der Waals surface area contributed by atoms with Crippen LogP contribution in [0.5, 0.6) is 0 Å². The quantitative estimate of drug-likeness (QED) is 0.322. The lowest BCUT2D eigenvalue weighted by atomic mass is 10.5. The van der Waals surface area contributed by atoms with Crippen LogP contribution >= 0.6 is 0 Å². The molecule has 0 aliphatic heterocycles. The number of aliphatic hydroxyl groups is 1. The maximum absolute atomic E-state index is 8.23. The topological polar surface area (TPSA) is 65.7 Å². The number of nitrogens with one attached hydrogen (secondary N) is 1. The average molecular weight is 130 g/mol. The Balaban J connectivity index is 3.50. The van der Waals surface area contributed by atoms with Crippen LogP contribution in [0, 0.1) is 5.41 Å². The van der Waals surface area contributed by atoms with Gasteiger partial charge in [-0.3, -0.25) is 5.41 Å². The molecule has 0 heterocycles. The van der Waals surface area contributed by atoms with E-state index in [-0.39, 0.29) is 5.90 Å². The van der Waals surface area contributed by atoms with Gasteiger partial charge in [0.25, 0.3) is 0 Å². The largest absolute Gasteiger partial charge is 0.387 e. The van der Waals surface area contributed by atoms with Crippen molar-refractivity contribution >= 4 is 11.6 Å². The van der Waals surface area contributed by atoms with Crippen molar-refractivity contribution in [1.82, 2.24) is 0 Å². The van der Waals surface area contributed by atoms with E-state index in [0.717, 1.165) is 0 Å². The Labute approximate surface area is 53.6 Å². The fourth-order valence-electron chi connectivity index (χ4n) is 0.175. The smallest absolute Gasteiger partial charge is 0.243 e. The Hall–Kier alpha value is -0.900. The van der Waals surface area contributed by atoms with E-state index >= 15 is 0 Å². The lowest BCUT2D eigenvalue weighted by Crippen LogP contribution is -2.04. The number of hydrogen-bond acceptors (Lipinski definition) is 4. The van der Waals surface area contributed by atoms with E-state index in [9.17, 15) is 0 Å². The first-order chi connectivity index (χ1) is 4.16. The predicted molar refractivity (Wildman–Crippen MR) is 34.7 cm³/mol. The van der Waals surface area contributed by atoms with Gasteiger partial charge >= 0.3 is 0 Å². The molecule has 0 fully saturated rings. The molecule has 0 aromatic carbocycles. The number of aliphatic hydroxyl groups excluding tert-OH is 1.